The molecule has 0 aromatic heterocycles. The van der Waals surface area contributed by atoms with Crippen LogP contribution in [-0.4, -0.2) is 38.7 Å². The van der Waals surface area contributed by atoms with E-state index in [1.807, 2.05) is 6.92 Å². The van der Waals surface area contributed by atoms with Crippen molar-refractivity contribution >= 4 is 27.7 Å². The molecule has 8 heteroatoms. The van der Waals surface area contributed by atoms with Crippen molar-refractivity contribution in [3.05, 3.63) is 29.8 Å². The highest BCUT2D eigenvalue weighted by molar-refractivity contribution is 7.86. The molecular weight excluding hydrogens is 504 g/mol. The summed E-state index contributed by atoms with van der Waals surface area (Å²) in [5, 5.41) is 0. The number of hydrogen-bond acceptors (Lipinski definition) is 7. The highest BCUT2D eigenvalue weighted by Crippen LogP contribution is 2.66. The third-order valence-corrected chi connectivity index (χ3v) is 12.1. The summed E-state index contributed by atoms with van der Waals surface area (Å²) in [5.74, 6) is 0.174. The Morgan fingerprint density at radius 1 is 1.00 bits per heavy atom. The Morgan fingerprint density at radius 2 is 1.71 bits per heavy atom. The molecule has 0 amide bonds. The number of carbonyl (C=O) groups is 3. The molecule has 1 aromatic rings. The molecule has 4 aliphatic carbocycles. The molecule has 4 fully saturated rings. The van der Waals surface area contributed by atoms with Crippen molar-refractivity contribution in [1.82, 2.24) is 0 Å². The molecule has 0 N–H and O–H groups in total. The Morgan fingerprint density at radius 3 is 2.39 bits per heavy atom. The summed E-state index contributed by atoms with van der Waals surface area (Å²) in [6, 6.07) is 6.73. The first-order valence-corrected chi connectivity index (χ1v) is 15.4. The van der Waals surface area contributed by atoms with E-state index in [-0.39, 0.29) is 63.7 Å². The Labute approximate surface area is 226 Å². The van der Waals surface area contributed by atoms with Gasteiger partial charge in [0.2, 0.25) is 0 Å². The monoisotopic (exact) mass is 544 g/mol. The van der Waals surface area contributed by atoms with Gasteiger partial charge in [-0.15, -0.1) is 0 Å². The minimum Gasteiger partial charge on any atom is -0.458 e. The molecule has 0 radical (unpaired) electrons. The van der Waals surface area contributed by atoms with Gasteiger partial charge in [-0.3, -0.25) is 18.6 Å². The molecule has 0 spiro atoms. The van der Waals surface area contributed by atoms with Crippen LogP contribution in [0.1, 0.15) is 77.7 Å². The first kappa shape index (κ1) is 27.5. The van der Waals surface area contributed by atoms with Crippen LogP contribution in [0, 0.1) is 47.3 Å². The predicted octanol–water partition coefficient (Wildman–Crippen LogP) is 5.04. The lowest BCUT2D eigenvalue weighted by atomic mass is 9.44. The van der Waals surface area contributed by atoms with Crippen molar-refractivity contribution in [3.63, 3.8) is 0 Å². The van der Waals surface area contributed by atoms with E-state index in [1.165, 1.54) is 6.92 Å². The second-order valence-electron chi connectivity index (χ2n) is 12.8. The van der Waals surface area contributed by atoms with Crippen LogP contribution in [0.3, 0.4) is 0 Å². The summed E-state index contributed by atoms with van der Waals surface area (Å²) in [6.07, 6.45) is 5.54. The van der Waals surface area contributed by atoms with Gasteiger partial charge in [-0.25, -0.2) is 0 Å². The fraction of sp³-hybridized carbons (Fsp3) is 0.700. The van der Waals surface area contributed by atoms with Gasteiger partial charge in [0.15, 0.2) is 5.78 Å². The number of carbonyl (C=O) groups excluding carboxylic acids is 3. The van der Waals surface area contributed by atoms with Crippen LogP contribution < -0.4 is 0 Å². The minimum absolute atomic E-state index is 0.0590. The molecule has 8 atom stereocenters. The fourth-order valence-electron chi connectivity index (χ4n) is 8.86. The van der Waals surface area contributed by atoms with Gasteiger partial charge in [0, 0.05) is 25.2 Å². The highest BCUT2D eigenvalue weighted by Gasteiger charge is 2.64. The van der Waals surface area contributed by atoms with Crippen LogP contribution in [0.25, 0.3) is 0 Å². The Balaban J connectivity index is 1.30. The maximum Gasteiger partial charge on any atom is 0.303 e. The average Bonchev–Trinajstić information content (AvgIpc) is 3.19. The summed E-state index contributed by atoms with van der Waals surface area (Å²) in [6.45, 7) is 7.34. The lowest BCUT2D eigenvalue weighted by Gasteiger charge is -2.59. The molecule has 2 unspecified atom stereocenters. The third-order valence-electron chi connectivity index (χ3n) is 10.7. The number of ketones is 2. The molecule has 5 rings (SSSR count). The lowest BCUT2D eigenvalue weighted by molar-refractivity contribution is -0.163. The van der Waals surface area contributed by atoms with Crippen LogP contribution in [0.15, 0.2) is 29.2 Å². The molecule has 0 aliphatic heterocycles. The van der Waals surface area contributed by atoms with Gasteiger partial charge in [0.05, 0.1) is 11.0 Å². The number of Topliss-reactive ketones (excluding diaryl/α,β-unsaturated/α-hetero) is 2. The van der Waals surface area contributed by atoms with Crippen molar-refractivity contribution in [2.24, 2.45) is 40.4 Å². The van der Waals surface area contributed by atoms with Crippen molar-refractivity contribution in [3.8, 4) is 0 Å². The molecule has 0 bridgehead atoms. The molecule has 38 heavy (non-hydrogen) atoms. The van der Waals surface area contributed by atoms with E-state index in [2.05, 4.69) is 13.8 Å². The van der Waals surface area contributed by atoms with Crippen LogP contribution in [-0.2, 0) is 33.4 Å². The predicted molar refractivity (Wildman–Crippen MR) is 140 cm³/mol. The molecule has 4 saturated carbocycles. The Kier molecular flexibility index (Phi) is 7.13. The number of fused-ring (bicyclic) bond motifs is 5. The summed E-state index contributed by atoms with van der Waals surface area (Å²) >= 11 is 0. The Bertz CT molecular complexity index is 1220. The second kappa shape index (κ2) is 9.84. The summed E-state index contributed by atoms with van der Waals surface area (Å²) in [4.78, 5) is 38.3. The number of rotatable bonds is 6. The number of ether oxygens (including phenoxy) is 1. The smallest absolute Gasteiger partial charge is 0.303 e. The second-order valence-corrected chi connectivity index (χ2v) is 14.4. The Hall–Kier alpha value is -2.06. The normalized spacial score (nSPS) is 38.6. The minimum atomic E-state index is -3.84. The van der Waals surface area contributed by atoms with Gasteiger partial charge >= 0.3 is 5.97 Å². The molecule has 0 saturated heterocycles. The largest absolute Gasteiger partial charge is 0.458 e. The zero-order chi connectivity index (χ0) is 27.5. The first-order valence-electron chi connectivity index (χ1n) is 14.0. The van der Waals surface area contributed by atoms with E-state index in [4.69, 9.17) is 8.92 Å². The number of benzene rings is 1. The molecule has 0 heterocycles. The van der Waals surface area contributed by atoms with Crippen LogP contribution in [0.4, 0.5) is 0 Å². The SMILES string of the molecule is CC(=O)OCC(=O)[C@H]1CC[C@H]2[C@@H]3CCC4CC(OS(=O)(=O)c5ccc(C)cc5)CC[C@]4(C)[C@H]3C(=O)C[C@]12C. The zero-order valence-electron chi connectivity index (χ0n) is 22.9. The summed E-state index contributed by atoms with van der Waals surface area (Å²) in [7, 11) is -3.84. The van der Waals surface area contributed by atoms with Crippen LogP contribution in [0.2, 0.25) is 0 Å². The molecular formula is C30H40O7S. The molecule has 4 aliphatic rings. The molecule has 1 aromatic carbocycles. The zero-order valence-corrected chi connectivity index (χ0v) is 23.7. The number of esters is 1. The van der Waals surface area contributed by atoms with Gasteiger partial charge < -0.3 is 4.74 Å². The maximum atomic E-state index is 13.9. The van der Waals surface area contributed by atoms with Gasteiger partial charge in [-0.2, -0.15) is 8.42 Å². The van der Waals surface area contributed by atoms with Crippen molar-refractivity contribution in [1.29, 1.82) is 0 Å². The number of aryl methyl sites for hydroxylation is 1. The van der Waals surface area contributed by atoms with E-state index in [0.717, 1.165) is 37.7 Å². The van der Waals surface area contributed by atoms with Crippen LogP contribution >= 0.6 is 0 Å². The van der Waals surface area contributed by atoms with Crippen molar-refractivity contribution in [2.75, 3.05) is 6.61 Å². The van der Waals surface area contributed by atoms with Crippen molar-refractivity contribution < 1.29 is 31.7 Å². The fourth-order valence-corrected chi connectivity index (χ4v) is 9.98. The van der Waals surface area contributed by atoms with Crippen LogP contribution in [0.5, 0.6) is 0 Å². The van der Waals surface area contributed by atoms with E-state index in [9.17, 15) is 22.8 Å². The van der Waals surface area contributed by atoms with E-state index >= 15 is 0 Å². The average molecular weight is 545 g/mol. The molecule has 208 valence electrons. The van der Waals surface area contributed by atoms with Gasteiger partial charge in [-0.05, 0) is 92.6 Å². The van der Waals surface area contributed by atoms with Gasteiger partial charge in [0.1, 0.15) is 12.4 Å². The third kappa shape index (κ3) is 4.66. The van der Waals surface area contributed by atoms with Crippen molar-refractivity contribution in [2.45, 2.75) is 90.1 Å². The lowest BCUT2D eigenvalue weighted by Crippen LogP contribution is -2.58. The summed E-state index contributed by atoms with van der Waals surface area (Å²) < 4.78 is 36.6. The summed E-state index contributed by atoms with van der Waals surface area (Å²) in [5.41, 5.74) is 0.417. The topological polar surface area (TPSA) is 104 Å². The number of hydrogen-bond donors (Lipinski definition) is 0. The van der Waals surface area contributed by atoms with Gasteiger partial charge in [-0.1, -0.05) is 31.5 Å². The van der Waals surface area contributed by atoms with E-state index < -0.39 is 16.1 Å². The van der Waals surface area contributed by atoms with E-state index in [1.54, 1.807) is 24.3 Å². The maximum absolute atomic E-state index is 13.9. The highest BCUT2D eigenvalue weighted by atomic mass is 32.2. The van der Waals surface area contributed by atoms with Gasteiger partial charge in [0.25, 0.3) is 10.1 Å². The van der Waals surface area contributed by atoms with E-state index in [0.29, 0.717) is 25.2 Å². The standard InChI is InChI=1S/C30H40O7S/c1-18-5-8-22(9-6-18)38(34,35)37-21-13-14-29(3)20(15-21)7-10-23-24-11-12-25(27(33)17-36-19(2)31)30(24,4)16-26(32)28(23)29/h5-6,8-9,20-21,23-25,28H,7,10-17H2,1-4H3/t20?,21?,23-,24-,25+,28+,29-,30-/m0/s1. The first-order chi connectivity index (χ1) is 17.8. The molecule has 7 nitrogen and oxygen atoms in total. The quantitative estimate of drug-likeness (QED) is 0.365.